The van der Waals surface area contributed by atoms with Gasteiger partial charge in [0.1, 0.15) is 11.6 Å². The van der Waals surface area contributed by atoms with E-state index in [1.807, 2.05) is 6.92 Å². The van der Waals surface area contributed by atoms with Crippen LogP contribution in [0.15, 0.2) is 28.7 Å². The third-order valence-corrected chi connectivity index (χ3v) is 3.39. The molecule has 0 bridgehead atoms. The van der Waals surface area contributed by atoms with Crippen LogP contribution in [0.1, 0.15) is 36.7 Å². The molecule has 1 heterocycles. The predicted octanol–water partition coefficient (Wildman–Crippen LogP) is 3.46. The van der Waals surface area contributed by atoms with Crippen LogP contribution in [0.3, 0.4) is 0 Å². The van der Waals surface area contributed by atoms with Crippen LogP contribution >= 0.6 is 11.6 Å². The number of hydrogen-bond acceptors (Lipinski definition) is 3. The number of fused-ring (bicyclic) bond motifs is 1. The van der Waals surface area contributed by atoms with E-state index in [9.17, 15) is 9.59 Å². The van der Waals surface area contributed by atoms with Crippen LogP contribution in [0.5, 0.6) is 0 Å². The van der Waals surface area contributed by atoms with Gasteiger partial charge in [0.25, 0.3) is 5.91 Å². The topological polar surface area (TPSA) is 79.5 Å². The van der Waals surface area contributed by atoms with Crippen LogP contribution in [-0.4, -0.2) is 23.0 Å². The van der Waals surface area contributed by atoms with E-state index in [2.05, 4.69) is 5.32 Å². The Kier molecular flexibility index (Phi) is 4.85. The van der Waals surface area contributed by atoms with Crippen molar-refractivity contribution in [2.45, 2.75) is 32.2 Å². The number of carbonyl (C=O) groups is 2. The Morgan fingerprint density at radius 2 is 2.14 bits per heavy atom. The fourth-order valence-corrected chi connectivity index (χ4v) is 2.20. The van der Waals surface area contributed by atoms with Gasteiger partial charge in [0, 0.05) is 10.4 Å². The molecule has 0 spiro atoms. The number of nitrogens with one attached hydrogen (secondary N) is 1. The van der Waals surface area contributed by atoms with E-state index in [0.717, 1.165) is 12.8 Å². The van der Waals surface area contributed by atoms with Crippen molar-refractivity contribution in [1.82, 2.24) is 5.32 Å². The number of benzene rings is 1. The monoisotopic (exact) mass is 309 g/mol. The molecule has 0 aliphatic rings. The minimum absolute atomic E-state index is 0.0787. The fraction of sp³-hybridized carbons (Fsp3) is 0.333. The second-order valence-corrected chi connectivity index (χ2v) is 5.24. The lowest BCUT2D eigenvalue weighted by atomic mass is 10.1. The predicted molar refractivity (Wildman–Crippen MR) is 79.6 cm³/mol. The summed E-state index contributed by atoms with van der Waals surface area (Å²) in [7, 11) is 0. The van der Waals surface area contributed by atoms with Crippen LogP contribution in [0.2, 0.25) is 5.02 Å². The molecule has 2 N–H and O–H groups in total. The summed E-state index contributed by atoms with van der Waals surface area (Å²) in [6.45, 7) is 1.96. The van der Waals surface area contributed by atoms with Gasteiger partial charge in [-0.05, 0) is 30.7 Å². The number of amides is 1. The third kappa shape index (κ3) is 3.76. The van der Waals surface area contributed by atoms with Crippen LogP contribution < -0.4 is 5.32 Å². The van der Waals surface area contributed by atoms with E-state index < -0.39 is 17.9 Å². The van der Waals surface area contributed by atoms with Gasteiger partial charge in [-0.1, -0.05) is 31.4 Å². The Hall–Kier alpha value is -2.01. The second-order valence-electron chi connectivity index (χ2n) is 4.80. The number of aliphatic carboxylic acids is 1. The summed E-state index contributed by atoms with van der Waals surface area (Å²) in [5, 5.41) is 12.8. The zero-order valence-electron chi connectivity index (χ0n) is 11.6. The number of halogens is 1. The van der Waals surface area contributed by atoms with Crippen molar-refractivity contribution < 1.29 is 19.1 Å². The largest absolute Gasteiger partial charge is 0.480 e. The van der Waals surface area contributed by atoms with E-state index in [0.29, 0.717) is 22.4 Å². The summed E-state index contributed by atoms with van der Waals surface area (Å²) in [6, 6.07) is 5.66. The second kappa shape index (κ2) is 6.63. The van der Waals surface area contributed by atoms with Crippen LogP contribution in [0.25, 0.3) is 11.0 Å². The van der Waals surface area contributed by atoms with Gasteiger partial charge in [0.05, 0.1) is 0 Å². The van der Waals surface area contributed by atoms with Gasteiger partial charge >= 0.3 is 5.97 Å². The molecule has 1 atom stereocenters. The van der Waals surface area contributed by atoms with Gasteiger partial charge in [-0.25, -0.2) is 4.79 Å². The molecule has 112 valence electrons. The van der Waals surface area contributed by atoms with Crippen molar-refractivity contribution in [3.05, 3.63) is 35.0 Å². The average Bonchev–Trinajstić information content (AvgIpc) is 2.85. The Balaban J connectivity index is 2.15. The first-order chi connectivity index (χ1) is 10.0. The van der Waals surface area contributed by atoms with Crippen molar-refractivity contribution >= 4 is 34.4 Å². The average molecular weight is 310 g/mol. The number of carboxylic acid groups (broad SMARTS) is 1. The Morgan fingerprint density at radius 1 is 1.38 bits per heavy atom. The summed E-state index contributed by atoms with van der Waals surface area (Å²) in [5.41, 5.74) is 0.532. The molecular weight excluding hydrogens is 294 g/mol. The molecule has 0 saturated heterocycles. The lowest BCUT2D eigenvalue weighted by Crippen LogP contribution is -2.40. The molecule has 2 aromatic rings. The maximum absolute atomic E-state index is 12.1. The molecule has 0 saturated carbocycles. The summed E-state index contributed by atoms with van der Waals surface area (Å²) < 4.78 is 5.41. The number of carbonyl (C=O) groups excluding carboxylic acids is 1. The van der Waals surface area contributed by atoms with Crippen molar-refractivity contribution in [3.8, 4) is 0 Å². The van der Waals surface area contributed by atoms with E-state index >= 15 is 0 Å². The highest BCUT2D eigenvalue weighted by atomic mass is 35.5. The van der Waals surface area contributed by atoms with Crippen LogP contribution in [-0.2, 0) is 4.79 Å². The third-order valence-electron chi connectivity index (χ3n) is 3.15. The molecule has 0 aliphatic carbocycles. The van der Waals surface area contributed by atoms with E-state index in [1.54, 1.807) is 24.3 Å². The van der Waals surface area contributed by atoms with Crippen LogP contribution in [0, 0.1) is 0 Å². The number of furan rings is 1. The van der Waals surface area contributed by atoms with E-state index in [1.165, 1.54) is 0 Å². The molecule has 6 heteroatoms. The lowest BCUT2D eigenvalue weighted by Gasteiger charge is -2.12. The summed E-state index contributed by atoms with van der Waals surface area (Å²) in [5.74, 6) is -1.50. The lowest BCUT2D eigenvalue weighted by molar-refractivity contribution is -0.139. The van der Waals surface area contributed by atoms with E-state index in [-0.39, 0.29) is 5.76 Å². The molecule has 21 heavy (non-hydrogen) atoms. The molecule has 1 aromatic heterocycles. The molecule has 5 nitrogen and oxygen atoms in total. The number of rotatable bonds is 6. The smallest absolute Gasteiger partial charge is 0.326 e. The number of carboxylic acids is 1. The molecule has 0 unspecified atom stereocenters. The Morgan fingerprint density at radius 3 is 2.81 bits per heavy atom. The maximum Gasteiger partial charge on any atom is 0.326 e. The quantitative estimate of drug-likeness (QED) is 0.856. The van der Waals surface area contributed by atoms with Crippen molar-refractivity contribution in [2.75, 3.05) is 0 Å². The zero-order chi connectivity index (χ0) is 15.4. The minimum Gasteiger partial charge on any atom is -0.480 e. The molecule has 0 aliphatic heterocycles. The molecule has 1 aromatic carbocycles. The standard InChI is InChI=1S/C15H16ClNO4/c1-2-3-4-11(15(19)20)17-14(18)13-8-9-7-10(16)5-6-12(9)21-13/h5-8,11H,2-4H2,1H3,(H,17,18)(H,19,20)/t11-/m0/s1. The Labute approximate surface area is 126 Å². The molecule has 0 radical (unpaired) electrons. The zero-order valence-corrected chi connectivity index (χ0v) is 12.3. The SMILES string of the molecule is CCCC[C@H](NC(=O)c1cc2cc(Cl)ccc2o1)C(=O)O. The molecule has 1 amide bonds. The van der Waals surface area contributed by atoms with Gasteiger partial charge in [0.2, 0.25) is 0 Å². The highest BCUT2D eigenvalue weighted by Gasteiger charge is 2.22. The first-order valence-electron chi connectivity index (χ1n) is 6.74. The highest BCUT2D eigenvalue weighted by molar-refractivity contribution is 6.31. The van der Waals surface area contributed by atoms with E-state index in [4.69, 9.17) is 21.1 Å². The summed E-state index contributed by atoms with van der Waals surface area (Å²) in [6.07, 6.45) is 1.99. The van der Waals surface area contributed by atoms with Gasteiger partial charge in [-0.15, -0.1) is 0 Å². The fourth-order valence-electron chi connectivity index (χ4n) is 2.02. The molecular formula is C15H16ClNO4. The van der Waals surface area contributed by atoms with Gasteiger partial charge < -0.3 is 14.8 Å². The maximum atomic E-state index is 12.1. The number of hydrogen-bond donors (Lipinski definition) is 2. The first kappa shape index (κ1) is 15.4. The Bertz CT molecular complexity index is 665. The van der Waals surface area contributed by atoms with Gasteiger partial charge in [0.15, 0.2) is 5.76 Å². The molecule has 2 rings (SSSR count). The number of unbranched alkanes of at least 4 members (excludes halogenated alkanes) is 1. The highest BCUT2D eigenvalue weighted by Crippen LogP contribution is 2.23. The summed E-state index contributed by atoms with van der Waals surface area (Å²) >= 11 is 5.87. The van der Waals surface area contributed by atoms with Crippen molar-refractivity contribution in [3.63, 3.8) is 0 Å². The van der Waals surface area contributed by atoms with Crippen molar-refractivity contribution in [2.24, 2.45) is 0 Å². The molecule has 0 fully saturated rings. The van der Waals surface area contributed by atoms with Crippen LogP contribution in [0.4, 0.5) is 0 Å². The van der Waals surface area contributed by atoms with Gasteiger partial charge in [-0.3, -0.25) is 4.79 Å². The van der Waals surface area contributed by atoms with Crippen molar-refractivity contribution in [1.29, 1.82) is 0 Å². The minimum atomic E-state index is -1.05. The van der Waals surface area contributed by atoms with Gasteiger partial charge in [-0.2, -0.15) is 0 Å². The normalized spacial score (nSPS) is 12.3. The first-order valence-corrected chi connectivity index (χ1v) is 7.12. The summed E-state index contributed by atoms with van der Waals surface area (Å²) in [4.78, 5) is 23.2.